The van der Waals surface area contributed by atoms with Crippen LogP contribution in [-0.2, 0) is 19.1 Å². The average Bonchev–Trinajstić information content (AvgIpc) is 3.28. The van der Waals surface area contributed by atoms with Crippen LogP contribution in [0.4, 0.5) is 0 Å². The maximum Gasteiger partial charge on any atom is 0.336 e. The van der Waals surface area contributed by atoms with Gasteiger partial charge in [-0.05, 0) is 50.7 Å². The third kappa shape index (κ3) is 3.90. The zero-order valence-corrected chi connectivity index (χ0v) is 17.6. The van der Waals surface area contributed by atoms with Crippen molar-refractivity contribution in [2.24, 2.45) is 5.41 Å². The maximum atomic E-state index is 13.1. The number of hydrogen-bond acceptors (Lipinski definition) is 6. The van der Waals surface area contributed by atoms with Crippen LogP contribution >= 0.6 is 0 Å². The second-order valence-electron chi connectivity index (χ2n) is 9.11. The van der Waals surface area contributed by atoms with Gasteiger partial charge in [0.2, 0.25) is 0 Å². The number of Topliss-reactive ketones (excluding diaryl/α,β-unsaturated/α-hetero) is 1. The van der Waals surface area contributed by atoms with Crippen LogP contribution in [0.2, 0.25) is 0 Å². The summed E-state index contributed by atoms with van der Waals surface area (Å²) in [4.78, 5) is 26.3. The molecule has 1 aliphatic carbocycles. The Kier molecular flexibility index (Phi) is 5.15. The molecule has 6 nitrogen and oxygen atoms in total. The van der Waals surface area contributed by atoms with Crippen LogP contribution in [0, 0.1) is 12.3 Å². The fourth-order valence-electron chi connectivity index (χ4n) is 4.62. The van der Waals surface area contributed by atoms with Crippen molar-refractivity contribution in [3.05, 3.63) is 46.2 Å². The second kappa shape index (κ2) is 7.48. The highest BCUT2D eigenvalue weighted by Gasteiger charge is 2.44. The molecule has 0 amide bonds. The lowest BCUT2D eigenvalue weighted by molar-refractivity contribution is -0.142. The van der Waals surface area contributed by atoms with Crippen LogP contribution in [0.25, 0.3) is 0 Å². The van der Waals surface area contributed by atoms with Crippen molar-refractivity contribution in [2.45, 2.75) is 65.4 Å². The van der Waals surface area contributed by atoms with E-state index in [0.29, 0.717) is 35.6 Å². The Morgan fingerprint density at radius 2 is 2.07 bits per heavy atom. The van der Waals surface area contributed by atoms with E-state index in [1.807, 2.05) is 26.0 Å². The molecule has 0 spiro atoms. The SMILES string of the molecule is CC1=C(C(=O)OC[C@H]2CCCO2)[C@@H](c2ccc(C)o2)C2=C(CC(C)(C)CC2=O)N1. The number of ether oxygens (including phenoxy) is 2. The molecule has 2 aliphatic heterocycles. The summed E-state index contributed by atoms with van der Waals surface area (Å²) in [6.07, 6.45) is 3.03. The van der Waals surface area contributed by atoms with Gasteiger partial charge in [-0.15, -0.1) is 0 Å². The van der Waals surface area contributed by atoms with Gasteiger partial charge in [0.25, 0.3) is 0 Å². The molecule has 1 aromatic heterocycles. The smallest absolute Gasteiger partial charge is 0.336 e. The van der Waals surface area contributed by atoms with Gasteiger partial charge in [0, 0.05) is 30.0 Å². The molecule has 0 radical (unpaired) electrons. The summed E-state index contributed by atoms with van der Waals surface area (Å²) < 4.78 is 17.1. The van der Waals surface area contributed by atoms with Gasteiger partial charge in [0.15, 0.2) is 5.78 Å². The third-order valence-electron chi connectivity index (χ3n) is 5.93. The first-order valence-electron chi connectivity index (χ1n) is 10.3. The highest BCUT2D eigenvalue weighted by Crippen LogP contribution is 2.47. The fourth-order valence-corrected chi connectivity index (χ4v) is 4.62. The molecule has 4 rings (SSSR count). The zero-order chi connectivity index (χ0) is 20.8. The number of nitrogens with one attached hydrogen (secondary N) is 1. The summed E-state index contributed by atoms with van der Waals surface area (Å²) >= 11 is 0. The van der Waals surface area contributed by atoms with E-state index in [2.05, 4.69) is 19.2 Å². The number of aryl methyl sites for hydroxylation is 1. The highest BCUT2D eigenvalue weighted by atomic mass is 16.6. The fraction of sp³-hybridized carbons (Fsp3) is 0.565. The summed E-state index contributed by atoms with van der Waals surface area (Å²) in [5.74, 6) is 0.441. The molecule has 6 heteroatoms. The second-order valence-corrected chi connectivity index (χ2v) is 9.11. The summed E-state index contributed by atoms with van der Waals surface area (Å²) in [6.45, 7) is 8.84. The van der Waals surface area contributed by atoms with E-state index in [1.54, 1.807) is 0 Å². The number of hydrogen-bond donors (Lipinski definition) is 1. The maximum absolute atomic E-state index is 13.1. The zero-order valence-electron chi connectivity index (χ0n) is 17.6. The Hall–Kier alpha value is -2.34. The summed E-state index contributed by atoms with van der Waals surface area (Å²) in [7, 11) is 0. The van der Waals surface area contributed by atoms with Crippen molar-refractivity contribution >= 4 is 11.8 Å². The van der Waals surface area contributed by atoms with Crippen molar-refractivity contribution in [3.63, 3.8) is 0 Å². The highest BCUT2D eigenvalue weighted by molar-refractivity contribution is 6.04. The van der Waals surface area contributed by atoms with Gasteiger partial charge in [-0.1, -0.05) is 13.8 Å². The van der Waals surface area contributed by atoms with E-state index >= 15 is 0 Å². The Balaban J connectivity index is 1.69. The minimum absolute atomic E-state index is 0.0485. The molecule has 3 aliphatic rings. The first-order valence-corrected chi connectivity index (χ1v) is 10.3. The van der Waals surface area contributed by atoms with Gasteiger partial charge in [0.05, 0.1) is 17.6 Å². The minimum Gasteiger partial charge on any atom is -0.465 e. The van der Waals surface area contributed by atoms with Crippen molar-refractivity contribution in [1.29, 1.82) is 0 Å². The molecule has 2 atom stereocenters. The molecule has 1 saturated heterocycles. The molecule has 0 aromatic carbocycles. The predicted octanol–water partition coefficient (Wildman–Crippen LogP) is 3.91. The number of allylic oxidation sites excluding steroid dienone is 3. The quantitative estimate of drug-likeness (QED) is 0.774. The number of esters is 1. The van der Waals surface area contributed by atoms with Crippen LogP contribution in [0.15, 0.2) is 39.1 Å². The lowest BCUT2D eigenvalue weighted by atomic mass is 9.69. The largest absolute Gasteiger partial charge is 0.465 e. The molecule has 29 heavy (non-hydrogen) atoms. The van der Waals surface area contributed by atoms with Crippen LogP contribution < -0.4 is 5.32 Å². The number of dihydropyridines is 1. The van der Waals surface area contributed by atoms with E-state index in [9.17, 15) is 9.59 Å². The molecule has 1 aromatic rings. The molecule has 1 N–H and O–H groups in total. The van der Waals surface area contributed by atoms with Gasteiger partial charge >= 0.3 is 5.97 Å². The Labute approximate surface area is 171 Å². The third-order valence-corrected chi connectivity index (χ3v) is 5.93. The molecule has 0 saturated carbocycles. The minimum atomic E-state index is -0.541. The predicted molar refractivity (Wildman–Crippen MR) is 107 cm³/mol. The van der Waals surface area contributed by atoms with Crippen molar-refractivity contribution < 1.29 is 23.5 Å². The summed E-state index contributed by atoms with van der Waals surface area (Å²) in [5.41, 5.74) is 2.56. The van der Waals surface area contributed by atoms with Gasteiger partial charge < -0.3 is 19.2 Å². The van der Waals surface area contributed by atoms with Crippen LogP contribution in [-0.4, -0.2) is 31.1 Å². The van der Waals surface area contributed by atoms with E-state index in [-0.39, 0.29) is 23.9 Å². The number of furan rings is 1. The van der Waals surface area contributed by atoms with Gasteiger partial charge in [-0.2, -0.15) is 0 Å². The Morgan fingerprint density at radius 1 is 1.28 bits per heavy atom. The van der Waals surface area contributed by atoms with Crippen molar-refractivity contribution in [2.75, 3.05) is 13.2 Å². The van der Waals surface area contributed by atoms with Crippen molar-refractivity contribution in [3.8, 4) is 0 Å². The Bertz CT molecular complexity index is 898. The monoisotopic (exact) mass is 399 g/mol. The lowest BCUT2D eigenvalue weighted by Gasteiger charge is -2.38. The lowest BCUT2D eigenvalue weighted by Crippen LogP contribution is -2.38. The number of carbonyl (C=O) groups is 2. The molecule has 156 valence electrons. The first kappa shape index (κ1) is 20.0. The molecular weight excluding hydrogens is 370 g/mol. The van der Waals surface area contributed by atoms with Gasteiger partial charge in [-0.3, -0.25) is 4.79 Å². The molecule has 3 heterocycles. The van der Waals surface area contributed by atoms with Gasteiger partial charge in [0.1, 0.15) is 18.1 Å². The van der Waals surface area contributed by atoms with E-state index in [1.165, 1.54) is 0 Å². The van der Waals surface area contributed by atoms with E-state index < -0.39 is 11.9 Å². The normalized spacial score (nSPS) is 26.4. The van der Waals surface area contributed by atoms with Crippen LogP contribution in [0.1, 0.15) is 63.9 Å². The van der Waals surface area contributed by atoms with Crippen LogP contribution in [0.3, 0.4) is 0 Å². The summed E-state index contributed by atoms with van der Waals surface area (Å²) in [5, 5.41) is 3.33. The first-order chi connectivity index (χ1) is 13.7. The number of carbonyl (C=O) groups excluding carboxylic acids is 2. The average molecular weight is 399 g/mol. The number of ketones is 1. The molecule has 0 bridgehead atoms. The molecule has 0 unspecified atom stereocenters. The standard InChI is InChI=1S/C23H29NO5/c1-13-7-8-18(29-13)21-19(22(26)28-12-15-6-5-9-27-15)14(2)24-16-10-23(3,4)11-17(25)20(16)21/h7-8,15,21,24H,5-6,9-12H2,1-4H3/t15-,21-/m1/s1. The van der Waals surface area contributed by atoms with Crippen molar-refractivity contribution in [1.82, 2.24) is 5.32 Å². The van der Waals surface area contributed by atoms with E-state index in [0.717, 1.165) is 30.7 Å². The Morgan fingerprint density at radius 3 is 2.72 bits per heavy atom. The topological polar surface area (TPSA) is 77.8 Å². The molecule has 1 fully saturated rings. The summed E-state index contributed by atoms with van der Waals surface area (Å²) in [6, 6.07) is 3.71. The molecular formula is C23H29NO5. The van der Waals surface area contributed by atoms with E-state index in [4.69, 9.17) is 13.9 Å². The van der Waals surface area contributed by atoms with Crippen LogP contribution in [0.5, 0.6) is 0 Å². The number of rotatable bonds is 4. The van der Waals surface area contributed by atoms with Gasteiger partial charge in [-0.25, -0.2) is 4.79 Å².